The minimum Gasteiger partial charge on any atom is -0.345 e. The third kappa shape index (κ3) is 2.33. The molecule has 0 saturated heterocycles. The van der Waals surface area contributed by atoms with Gasteiger partial charge in [0.05, 0.1) is 12.2 Å². The molecule has 20 heavy (non-hydrogen) atoms. The van der Waals surface area contributed by atoms with Crippen molar-refractivity contribution in [1.82, 2.24) is 15.1 Å². The summed E-state index contributed by atoms with van der Waals surface area (Å²) >= 11 is 0. The predicted molar refractivity (Wildman–Crippen MR) is 77.5 cm³/mol. The van der Waals surface area contributed by atoms with E-state index in [9.17, 15) is 4.79 Å². The maximum atomic E-state index is 12.3. The number of carbonyl (C=O) groups excluding carboxylic acids is 1. The SMILES string of the molecule is Cc1ccc(C(=O)N[C@H]2CCCc3c2cnn3C)cc1. The van der Waals surface area contributed by atoms with Crippen LogP contribution in [0, 0.1) is 6.92 Å². The number of benzene rings is 1. The van der Waals surface area contributed by atoms with Crippen LogP contribution in [0.4, 0.5) is 0 Å². The number of aromatic nitrogens is 2. The number of hydrogen-bond acceptors (Lipinski definition) is 2. The van der Waals surface area contributed by atoms with E-state index in [2.05, 4.69) is 10.4 Å². The number of hydrogen-bond donors (Lipinski definition) is 1. The second-order valence-corrected chi connectivity index (χ2v) is 5.45. The summed E-state index contributed by atoms with van der Waals surface area (Å²) in [6, 6.07) is 7.76. The van der Waals surface area contributed by atoms with Crippen molar-refractivity contribution in [3.8, 4) is 0 Å². The highest BCUT2D eigenvalue weighted by Gasteiger charge is 2.24. The number of nitrogens with zero attached hydrogens (tertiary/aromatic N) is 2. The van der Waals surface area contributed by atoms with E-state index in [4.69, 9.17) is 0 Å². The van der Waals surface area contributed by atoms with Crippen molar-refractivity contribution in [2.75, 3.05) is 0 Å². The topological polar surface area (TPSA) is 46.9 Å². The van der Waals surface area contributed by atoms with Gasteiger partial charge in [-0.1, -0.05) is 17.7 Å². The number of rotatable bonds is 2. The third-order valence-corrected chi connectivity index (χ3v) is 3.99. The summed E-state index contributed by atoms with van der Waals surface area (Å²) in [4.78, 5) is 12.3. The minimum atomic E-state index is -0.00768. The number of nitrogens with one attached hydrogen (secondary N) is 1. The molecule has 0 aliphatic heterocycles. The summed E-state index contributed by atoms with van der Waals surface area (Å²) < 4.78 is 1.92. The Morgan fingerprint density at radius 1 is 1.35 bits per heavy atom. The van der Waals surface area contributed by atoms with E-state index in [1.807, 2.05) is 49.1 Å². The Labute approximate surface area is 118 Å². The van der Waals surface area contributed by atoms with Gasteiger partial charge in [-0.05, 0) is 38.3 Å². The summed E-state index contributed by atoms with van der Waals surface area (Å²) in [5.74, 6) is -0.00768. The quantitative estimate of drug-likeness (QED) is 0.910. The highest BCUT2D eigenvalue weighted by atomic mass is 16.1. The van der Waals surface area contributed by atoms with Crippen LogP contribution in [0.15, 0.2) is 30.5 Å². The van der Waals surface area contributed by atoms with Crippen LogP contribution >= 0.6 is 0 Å². The van der Waals surface area contributed by atoms with Gasteiger partial charge in [-0.3, -0.25) is 9.48 Å². The van der Waals surface area contributed by atoms with Gasteiger partial charge < -0.3 is 5.32 Å². The van der Waals surface area contributed by atoms with Gasteiger partial charge in [-0.15, -0.1) is 0 Å². The zero-order chi connectivity index (χ0) is 14.1. The molecule has 3 rings (SSSR count). The lowest BCUT2D eigenvalue weighted by Gasteiger charge is -2.23. The van der Waals surface area contributed by atoms with Crippen LogP contribution in [0.3, 0.4) is 0 Å². The molecule has 0 radical (unpaired) electrons. The van der Waals surface area contributed by atoms with Crippen molar-refractivity contribution < 1.29 is 4.79 Å². The van der Waals surface area contributed by atoms with E-state index in [0.29, 0.717) is 5.56 Å². The largest absolute Gasteiger partial charge is 0.345 e. The monoisotopic (exact) mass is 269 g/mol. The summed E-state index contributed by atoms with van der Waals surface area (Å²) in [5, 5.41) is 7.44. The zero-order valence-electron chi connectivity index (χ0n) is 11.9. The molecule has 0 bridgehead atoms. The molecule has 1 heterocycles. The molecule has 1 aromatic heterocycles. The first kappa shape index (κ1) is 12.9. The van der Waals surface area contributed by atoms with Gasteiger partial charge in [0.25, 0.3) is 5.91 Å². The van der Waals surface area contributed by atoms with E-state index in [1.54, 1.807) is 0 Å². The first-order chi connectivity index (χ1) is 9.65. The fourth-order valence-corrected chi connectivity index (χ4v) is 2.80. The van der Waals surface area contributed by atoms with E-state index in [1.165, 1.54) is 11.3 Å². The molecule has 104 valence electrons. The first-order valence-electron chi connectivity index (χ1n) is 7.03. The van der Waals surface area contributed by atoms with Crippen LogP contribution in [-0.2, 0) is 13.5 Å². The van der Waals surface area contributed by atoms with Gasteiger partial charge in [0.1, 0.15) is 0 Å². The van der Waals surface area contributed by atoms with Crippen molar-refractivity contribution in [3.63, 3.8) is 0 Å². The standard InChI is InChI=1S/C16H19N3O/c1-11-6-8-12(9-7-11)16(20)18-14-4-3-5-15-13(14)10-17-19(15)2/h6-10,14H,3-5H2,1-2H3,(H,18,20)/t14-/m0/s1. The first-order valence-corrected chi connectivity index (χ1v) is 7.03. The van der Waals surface area contributed by atoms with Gasteiger partial charge in [-0.2, -0.15) is 5.10 Å². The molecule has 1 atom stereocenters. The lowest BCUT2D eigenvalue weighted by Crippen LogP contribution is -2.30. The van der Waals surface area contributed by atoms with E-state index >= 15 is 0 Å². The second kappa shape index (κ2) is 5.12. The average Bonchev–Trinajstić information content (AvgIpc) is 2.82. The fraction of sp³-hybridized carbons (Fsp3) is 0.375. The van der Waals surface area contributed by atoms with Crippen molar-refractivity contribution in [2.24, 2.45) is 7.05 Å². The Hall–Kier alpha value is -2.10. The number of aryl methyl sites for hydroxylation is 2. The van der Waals surface area contributed by atoms with Crippen molar-refractivity contribution in [2.45, 2.75) is 32.2 Å². The van der Waals surface area contributed by atoms with Crippen LogP contribution in [0.1, 0.15) is 46.1 Å². The van der Waals surface area contributed by atoms with E-state index in [-0.39, 0.29) is 11.9 Å². The molecule has 0 unspecified atom stereocenters. The fourth-order valence-electron chi connectivity index (χ4n) is 2.80. The number of carbonyl (C=O) groups is 1. The Kier molecular flexibility index (Phi) is 3.30. The van der Waals surface area contributed by atoms with Crippen molar-refractivity contribution >= 4 is 5.91 Å². The van der Waals surface area contributed by atoms with E-state index in [0.717, 1.165) is 24.8 Å². The number of fused-ring (bicyclic) bond motifs is 1. The smallest absolute Gasteiger partial charge is 0.251 e. The maximum absolute atomic E-state index is 12.3. The van der Waals surface area contributed by atoms with Gasteiger partial charge in [0, 0.05) is 23.9 Å². The summed E-state index contributed by atoms with van der Waals surface area (Å²) in [6.45, 7) is 2.02. The highest BCUT2D eigenvalue weighted by Crippen LogP contribution is 2.29. The summed E-state index contributed by atoms with van der Waals surface area (Å²) in [5.41, 5.74) is 4.28. The average molecular weight is 269 g/mol. The van der Waals surface area contributed by atoms with Gasteiger partial charge in [0.15, 0.2) is 0 Å². The van der Waals surface area contributed by atoms with Gasteiger partial charge >= 0.3 is 0 Å². The Bertz CT molecular complexity index is 628. The molecule has 1 aliphatic rings. The summed E-state index contributed by atoms with van der Waals surface area (Å²) in [6.07, 6.45) is 5.00. The van der Waals surface area contributed by atoms with Crippen LogP contribution in [0.25, 0.3) is 0 Å². The summed E-state index contributed by atoms with van der Waals surface area (Å²) in [7, 11) is 1.96. The molecule has 0 spiro atoms. The highest BCUT2D eigenvalue weighted by molar-refractivity contribution is 5.94. The van der Waals surface area contributed by atoms with Crippen LogP contribution in [0.5, 0.6) is 0 Å². The Balaban J connectivity index is 1.78. The normalized spacial score (nSPS) is 17.6. The zero-order valence-corrected chi connectivity index (χ0v) is 11.9. The maximum Gasteiger partial charge on any atom is 0.251 e. The molecule has 1 N–H and O–H groups in total. The van der Waals surface area contributed by atoms with Crippen LogP contribution in [-0.4, -0.2) is 15.7 Å². The molecule has 4 heteroatoms. The minimum absolute atomic E-state index is 0.00768. The molecule has 1 aromatic carbocycles. The molecule has 1 aliphatic carbocycles. The Morgan fingerprint density at radius 3 is 2.85 bits per heavy atom. The van der Waals surface area contributed by atoms with Gasteiger partial charge in [-0.25, -0.2) is 0 Å². The molecule has 0 fully saturated rings. The van der Waals surface area contributed by atoms with Crippen molar-refractivity contribution in [3.05, 3.63) is 52.8 Å². The number of amides is 1. The van der Waals surface area contributed by atoms with Crippen LogP contribution in [0.2, 0.25) is 0 Å². The molecule has 0 saturated carbocycles. The van der Waals surface area contributed by atoms with Crippen molar-refractivity contribution in [1.29, 1.82) is 0 Å². The Morgan fingerprint density at radius 2 is 2.10 bits per heavy atom. The lowest BCUT2D eigenvalue weighted by atomic mass is 9.92. The van der Waals surface area contributed by atoms with Crippen LogP contribution < -0.4 is 5.32 Å². The second-order valence-electron chi connectivity index (χ2n) is 5.45. The van der Waals surface area contributed by atoms with Gasteiger partial charge in [0.2, 0.25) is 0 Å². The molecule has 1 amide bonds. The lowest BCUT2D eigenvalue weighted by molar-refractivity contribution is 0.0932. The molecule has 2 aromatic rings. The van der Waals surface area contributed by atoms with E-state index < -0.39 is 0 Å². The molecular formula is C16H19N3O. The third-order valence-electron chi connectivity index (χ3n) is 3.99. The molecular weight excluding hydrogens is 250 g/mol. The predicted octanol–water partition coefficient (Wildman–Crippen LogP) is 2.54. The molecule has 4 nitrogen and oxygen atoms in total.